The molecule has 0 aliphatic rings. The summed E-state index contributed by atoms with van der Waals surface area (Å²) in [4.78, 5) is 25.7. The molecule has 3 rings (SSSR count). The Morgan fingerprint density at radius 2 is 1.50 bits per heavy atom. The number of carbonyl (C=O) groups excluding carboxylic acids is 2. The summed E-state index contributed by atoms with van der Waals surface area (Å²) in [6.45, 7) is 7.66. The number of hydrogen-bond acceptors (Lipinski definition) is 5. The predicted molar refractivity (Wildman–Crippen MR) is 151 cm³/mol. The Morgan fingerprint density at radius 1 is 0.842 bits per heavy atom. The molecule has 0 spiro atoms. The number of halogens is 1. The van der Waals surface area contributed by atoms with E-state index in [0.29, 0.717) is 18.1 Å². The maximum absolute atomic E-state index is 13.5. The molecule has 3 aromatic rings. The molecular weight excluding hydrogens is 548 g/mol. The van der Waals surface area contributed by atoms with Gasteiger partial charge in [-0.05, 0) is 60.7 Å². The Bertz CT molecular complexity index is 1200. The molecule has 0 aliphatic heterocycles. The minimum atomic E-state index is -0.783. The van der Waals surface area contributed by atoms with Gasteiger partial charge in [0.1, 0.15) is 12.6 Å². The second-order valence-electron chi connectivity index (χ2n) is 9.50. The second-order valence-corrected chi connectivity index (χ2v) is 10.4. The van der Waals surface area contributed by atoms with E-state index in [4.69, 9.17) is 14.2 Å². The summed E-state index contributed by atoms with van der Waals surface area (Å²) in [5.74, 6) is 0.661. The van der Waals surface area contributed by atoms with E-state index in [0.717, 1.165) is 21.2 Å². The molecule has 2 amide bonds. The zero-order valence-electron chi connectivity index (χ0n) is 22.4. The number of methoxy groups -OCH3 is 1. The van der Waals surface area contributed by atoms with Crippen LogP contribution in [0.1, 0.15) is 50.4 Å². The molecule has 38 heavy (non-hydrogen) atoms. The molecule has 1 unspecified atom stereocenters. The van der Waals surface area contributed by atoms with E-state index in [2.05, 4.69) is 26.6 Å². The summed E-state index contributed by atoms with van der Waals surface area (Å²) in [5.41, 5.74) is 2.72. The van der Waals surface area contributed by atoms with E-state index in [-0.39, 0.29) is 17.9 Å². The van der Waals surface area contributed by atoms with Gasteiger partial charge in [-0.25, -0.2) is 4.79 Å². The molecule has 3 aromatic carbocycles. The molecule has 0 bridgehead atoms. The van der Waals surface area contributed by atoms with Crippen LogP contribution in [0.4, 0.5) is 4.79 Å². The van der Waals surface area contributed by atoms with Gasteiger partial charge in [0.2, 0.25) is 5.91 Å². The standard InChI is InChI=1S/C30H35BrN2O5/c1-19(2)27(33-30(35)38-20(3)4)29(34)32-28(22-11-14-24(31)15-12-22)23-13-16-25(26(17-23)36-5)37-18-21-9-7-6-8-10-21/h6-17,19-20,27-28H,18H2,1-5H3,(H,32,34)(H,33,35)/t27-,28?/m0/s1. The third kappa shape index (κ3) is 8.25. The largest absolute Gasteiger partial charge is 0.493 e. The summed E-state index contributed by atoms with van der Waals surface area (Å²) in [7, 11) is 1.58. The van der Waals surface area contributed by atoms with Crippen LogP contribution in [0.15, 0.2) is 77.3 Å². The van der Waals surface area contributed by atoms with E-state index in [1.165, 1.54) is 0 Å². The Morgan fingerprint density at radius 3 is 2.11 bits per heavy atom. The van der Waals surface area contributed by atoms with Crippen molar-refractivity contribution < 1.29 is 23.8 Å². The van der Waals surface area contributed by atoms with Crippen LogP contribution in [-0.4, -0.2) is 31.3 Å². The number of benzene rings is 3. The van der Waals surface area contributed by atoms with Gasteiger partial charge in [0, 0.05) is 4.47 Å². The number of ether oxygens (including phenoxy) is 3. The molecule has 0 saturated carbocycles. The first-order valence-corrected chi connectivity index (χ1v) is 13.3. The molecule has 8 heteroatoms. The first-order chi connectivity index (χ1) is 18.2. The summed E-state index contributed by atoms with van der Waals surface area (Å²) >= 11 is 3.47. The van der Waals surface area contributed by atoms with Crippen molar-refractivity contribution in [2.24, 2.45) is 5.92 Å². The highest BCUT2D eigenvalue weighted by Gasteiger charge is 2.28. The number of carbonyl (C=O) groups is 2. The topological polar surface area (TPSA) is 85.9 Å². The van der Waals surface area contributed by atoms with Gasteiger partial charge >= 0.3 is 6.09 Å². The van der Waals surface area contributed by atoms with Gasteiger partial charge in [-0.3, -0.25) is 4.79 Å². The van der Waals surface area contributed by atoms with E-state index >= 15 is 0 Å². The average molecular weight is 584 g/mol. The average Bonchev–Trinajstić information content (AvgIpc) is 2.89. The smallest absolute Gasteiger partial charge is 0.408 e. The third-order valence-corrected chi connectivity index (χ3v) is 6.34. The number of rotatable bonds is 11. The van der Waals surface area contributed by atoms with Crippen LogP contribution in [-0.2, 0) is 16.1 Å². The van der Waals surface area contributed by atoms with E-state index in [1.807, 2.05) is 86.6 Å². The van der Waals surface area contributed by atoms with Crippen molar-refractivity contribution in [2.75, 3.05) is 7.11 Å². The number of amides is 2. The SMILES string of the molecule is COc1cc(C(NC(=O)[C@@H](NC(=O)OC(C)C)C(C)C)c2ccc(Br)cc2)ccc1OCc1ccccc1. The lowest BCUT2D eigenvalue weighted by atomic mass is 9.96. The summed E-state index contributed by atoms with van der Waals surface area (Å²) < 4.78 is 17.8. The highest BCUT2D eigenvalue weighted by atomic mass is 79.9. The molecule has 202 valence electrons. The van der Waals surface area contributed by atoms with Crippen molar-refractivity contribution in [3.63, 3.8) is 0 Å². The van der Waals surface area contributed by atoms with Gasteiger partial charge in [-0.1, -0.05) is 78.3 Å². The molecule has 0 heterocycles. The van der Waals surface area contributed by atoms with Crippen molar-refractivity contribution in [2.45, 2.75) is 52.5 Å². The maximum Gasteiger partial charge on any atom is 0.408 e. The van der Waals surface area contributed by atoms with Crippen LogP contribution in [0.25, 0.3) is 0 Å². The fourth-order valence-electron chi connectivity index (χ4n) is 3.87. The van der Waals surface area contributed by atoms with Crippen LogP contribution >= 0.6 is 15.9 Å². The van der Waals surface area contributed by atoms with Gasteiger partial charge in [-0.15, -0.1) is 0 Å². The summed E-state index contributed by atoms with van der Waals surface area (Å²) in [6, 6.07) is 21.9. The molecule has 0 radical (unpaired) electrons. The van der Waals surface area contributed by atoms with Gasteiger partial charge < -0.3 is 24.8 Å². The number of alkyl carbamates (subject to hydrolysis) is 1. The third-order valence-electron chi connectivity index (χ3n) is 5.81. The van der Waals surface area contributed by atoms with Crippen molar-refractivity contribution >= 4 is 27.9 Å². The Labute approximate surface area is 233 Å². The van der Waals surface area contributed by atoms with Crippen LogP contribution in [0.2, 0.25) is 0 Å². The lowest BCUT2D eigenvalue weighted by Gasteiger charge is -2.27. The van der Waals surface area contributed by atoms with Crippen LogP contribution in [0.3, 0.4) is 0 Å². The second kappa shape index (κ2) is 13.9. The lowest BCUT2D eigenvalue weighted by molar-refractivity contribution is -0.124. The molecule has 0 fully saturated rings. The summed E-state index contributed by atoms with van der Waals surface area (Å²) in [5, 5.41) is 5.82. The maximum atomic E-state index is 13.5. The molecular formula is C30H35BrN2O5. The Kier molecular flexibility index (Phi) is 10.6. The van der Waals surface area contributed by atoms with Gasteiger partial charge in [0.25, 0.3) is 0 Å². The quantitative estimate of drug-likeness (QED) is 0.273. The monoisotopic (exact) mass is 582 g/mol. The number of hydrogen-bond donors (Lipinski definition) is 2. The highest BCUT2D eigenvalue weighted by molar-refractivity contribution is 9.10. The molecule has 2 atom stereocenters. The minimum Gasteiger partial charge on any atom is -0.493 e. The van der Waals surface area contributed by atoms with E-state index in [9.17, 15) is 9.59 Å². The molecule has 0 aromatic heterocycles. The molecule has 2 N–H and O–H groups in total. The summed E-state index contributed by atoms with van der Waals surface area (Å²) in [6.07, 6.45) is -0.924. The lowest BCUT2D eigenvalue weighted by Crippen LogP contribution is -2.51. The van der Waals surface area contributed by atoms with Crippen LogP contribution in [0.5, 0.6) is 11.5 Å². The molecule has 0 aliphatic carbocycles. The first kappa shape index (κ1) is 29.0. The van der Waals surface area contributed by atoms with Crippen molar-refractivity contribution in [3.05, 3.63) is 94.0 Å². The van der Waals surface area contributed by atoms with Gasteiger partial charge in [-0.2, -0.15) is 0 Å². The van der Waals surface area contributed by atoms with Crippen LogP contribution in [0, 0.1) is 5.92 Å². The molecule has 0 saturated heterocycles. The predicted octanol–water partition coefficient (Wildman–Crippen LogP) is 6.40. The highest BCUT2D eigenvalue weighted by Crippen LogP contribution is 2.33. The van der Waals surface area contributed by atoms with E-state index in [1.54, 1.807) is 21.0 Å². The Balaban J connectivity index is 1.88. The van der Waals surface area contributed by atoms with E-state index < -0.39 is 18.2 Å². The number of nitrogens with one attached hydrogen (secondary N) is 2. The van der Waals surface area contributed by atoms with Gasteiger partial charge in [0.05, 0.1) is 19.3 Å². The van der Waals surface area contributed by atoms with Crippen molar-refractivity contribution in [1.82, 2.24) is 10.6 Å². The fraction of sp³-hybridized carbons (Fsp3) is 0.333. The van der Waals surface area contributed by atoms with Crippen molar-refractivity contribution in [3.8, 4) is 11.5 Å². The zero-order chi connectivity index (χ0) is 27.7. The van der Waals surface area contributed by atoms with Gasteiger partial charge in [0.15, 0.2) is 11.5 Å². The first-order valence-electron chi connectivity index (χ1n) is 12.6. The van der Waals surface area contributed by atoms with Crippen molar-refractivity contribution in [1.29, 1.82) is 0 Å². The molecule has 7 nitrogen and oxygen atoms in total. The minimum absolute atomic E-state index is 0.163. The normalized spacial score (nSPS) is 12.5. The fourth-order valence-corrected chi connectivity index (χ4v) is 4.14. The Hall–Kier alpha value is -3.52. The zero-order valence-corrected chi connectivity index (χ0v) is 23.9. The van der Waals surface area contributed by atoms with Crippen LogP contribution < -0.4 is 20.1 Å².